The van der Waals surface area contributed by atoms with Crippen molar-refractivity contribution in [3.05, 3.63) is 35.9 Å². The fraction of sp³-hybridized carbons (Fsp3) is 0.533. The van der Waals surface area contributed by atoms with Gasteiger partial charge in [-0.3, -0.25) is 4.79 Å². The van der Waals surface area contributed by atoms with Crippen molar-refractivity contribution in [3.63, 3.8) is 0 Å². The lowest BCUT2D eigenvalue weighted by atomic mass is 10.0. The molecule has 1 unspecified atom stereocenters. The van der Waals surface area contributed by atoms with Crippen LogP contribution in [0.3, 0.4) is 0 Å². The second-order valence-corrected chi connectivity index (χ2v) is 4.98. The maximum absolute atomic E-state index is 12.2. The van der Waals surface area contributed by atoms with Gasteiger partial charge in [0.05, 0.1) is 12.6 Å². The van der Waals surface area contributed by atoms with Crippen molar-refractivity contribution < 1.29 is 9.90 Å². The zero-order valence-electron chi connectivity index (χ0n) is 11.7. The Balaban J connectivity index is 2.51. The molecule has 4 heteroatoms. The monoisotopic (exact) mass is 264 g/mol. The lowest BCUT2D eigenvalue weighted by Gasteiger charge is -2.28. The van der Waals surface area contributed by atoms with Gasteiger partial charge in [0.1, 0.15) is 0 Å². The minimum atomic E-state index is -0.505. The first-order valence-corrected chi connectivity index (χ1v) is 6.77. The summed E-state index contributed by atoms with van der Waals surface area (Å²) in [4.78, 5) is 13.8. The first-order chi connectivity index (χ1) is 9.06. The van der Waals surface area contributed by atoms with E-state index < -0.39 is 6.04 Å². The molecular formula is C15H24N2O2. The Hall–Kier alpha value is -1.39. The van der Waals surface area contributed by atoms with E-state index in [-0.39, 0.29) is 18.6 Å². The smallest absolute Gasteiger partial charge is 0.239 e. The van der Waals surface area contributed by atoms with E-state index in [9.17, 15) is 4.79 Å². The Labute approximate surface area is 115 Å². The van der Waals surface area contributed by atoms with E-state index in [0.29, 0.717) is 13.0 Å². The molecule has 1 atom stereocenters. The average Bonchev–Trinajstić information content (AvgIpc) is 2.42. The van der Waals surface area contributed by atoms with Gasteiger partial charge < -0.3 is 15.7 Å². The third-order valence-corrected chi connectivity index (χ3v) is 3.15. The van der Waals surface area contributed by atoms with Crippen LogP contribution in [0.4, 0.5) is 0 Å². The highest BCUT2D eigenvalue weighted by atomic mass is 16.3. The number of amides is 1. The number of aryl methyl sites for hydroxylation is 1. The Morgan fingerprint density at radius 2 is 1.95 bits per heavy atom. The number of benzene rings is 1. The molecule has 1 amide bonds. The molecule has 19 heavy (non-hydrogen) atoms. The Kier molecular flexibility index (Phi) is 6.53. The summed E-state index contributed by atoms with van der Waals surface area (Å²) >= 11 is 0. The highest BCUT2D eigenvalue weighted by Crippen LogP contribution is 2.07. The first-order valence-electron chi connectivity index (χ1n) is 6.77. The lowest BCUT2D eigenvalue weighted by Crippen LogP contribution is -2.48. The lowest BCUT2D eigenvalue weighted by molar-refractivity contribution is -0.135. The SMILES string of the molecule is CC(C)N(CCO)C(=O)C(N)CCc1ccccc1. The molecule has 0 aliphatic heterocycles. The summed E-state index contributed by atoms with van der Waals surface area (Å²) in [7, 11) is 0. The summed E-state index contributed by atoms with van der Waals surface area (Å²) < 4.78 is 0. The van der Waals surface area contributed by atoms with Crippen molar-refractivity contribution in [3.8, 4) is 0 Å². The van der Waals surface area contributed by atoms with E-state index in [1.54, 1.807) is 4.90 Å². The molecule has 0 bridgehead atoms. The summed E-state index contributed by atoms with van der Waals surface area (Å²) in [6.07, 6.45) is 1.41. The summed E-state index contributed by atoms with van der Waals surface area (Å²) in [5.74, 6) is -0.0834. The van der Waals surface area contributed by atoms with Gasteiger partial charge in [0, 0.05) is 12.6 Å². The molecule has 4 nitrogen and oxygen atoms in total. The molecular weight excluding hydrogens is 240 g/mol. The quantitative estimate of drug-likeness (QED) is 0.777. The Morgan fingerprint density at radius 3 is 2.47 bits per heavy atom. The zero-order valence-corrected chi connectivity index (χ0v) is 11.7. The molecule has 1 rings (SSSR count). The predicted octanol–water partition coefficient (Wildman–Crippen LogP) is 1.18. The zero-order chi connectivity index (χ0) is 14.3. The summed E-state index contributed by atoms with van der Waals surface area (Å²) in [5, 5.41) is 8.99. The van der Waals surface area contributed by atoms with Gasteiger partial charge >= 0.3 is 0 Å². The van der Waals surface area contributed by atoms with Crippen LogP contribution in [0.15, 0.2) is 30.3 Å². The fourth-order valence-electron chi connectivity index (χ4n) is 2.03. The van der Waals surface area contributed by atoms with E-state index in [1.807, 2.05) is 44.2 Å². The number of hydrogen-bond acceptors (Lipinski definition) is 3. The van der Waals surface area contributed by atoms with E-state index in [1.165, 1.54) is 5.56 Å². The summed E-state index contributed by atoms with van der Waals surface area (Å²) in [6.45, 7) is 4.17. The molecule has 1 aromatic carbocycles. The van der Waals surface area contributed by atoms with Crippen LogP contribution in [0, 0.1) is 0 Å². The molecule has 0 saturated heterocycles. The van der Waals surface area contributed by atoms with Crippen molar-refractivity contribution >= 4 is 5.91 Å². The van der Waals surface area contributed by atoms with Gasteiger partial charge in [0.2, 0.25) is 5.91 Å². The number of aliphatic hydroxyl groups excluding tert-OH is 1. The molecule has 0 radical (unpaired) electrons. The van der Waals surface area contributed by atoms with Crippen LogP contribution >= 0.6 is 0 Å². The van der Waals surface area contributed by atoms with Crippen LogP contribution < -0.4 is 5.73 Å². The van der Waals surface area contributed by atoms with Crippen LogP contribution in [0.1, 0.15) is 25.8 Å². The van der Waals surface area contributed by atoms with E-state index in [4.69, 9.17) is 10.8 Å². The van der Waals surface area contributed by atoms with Gasteiger partial charge in [-0.2, -0.15) is 0 Å². The molecule has 0 aliphatic carbocycles. The molecule has 3 N–H and O–H groups in total. The minimum absolute atomic E-state index is 0.0324. The number of carbonyl (C=O) groups excluding carboxylic acids is 1. The van der Waals surface area contributed by atoms with Crippen molar-refractivity contribution in [2.75, 3.05) is 13.2 Å². The van der Waals surface area contributed by atoms with E-state index in [0.717, 1.165) is 6.42 Å². The normalized spacial score (nSPS) is 12.5. The Morgan fingerprint density at radius 1 is 1.32 bits per heavy atom. The van der Waals surface area contributed by atoms with Gasteiger partial charge in [0.15, 0.2) is 0 Å². The molecule has 0 aromatic heterocycles. The van der Waals surface area contributed by atoms with Crippen molar-refractivity contribution in [1.29, 1.82) is 0 Å². The van der Waals surface area contributed by atoms with Crippen LogP contribution in [-0.4, -0.2) is 41.1 Å². The maximum Gasteiger partial charge on any atom is 0.239 e. The average molecular weight is 264 g/mol. The largest absolute Gasteiger partial charge is 0.395 e. The minimum Gasteiger partial charge on any atom is -0.395 e. The molecule has 0 fully saturated rings. The number of rotatable bonds is 7. The Bertz CT molecular complexity index is 379. The van der Waals surface area contributed by atoms with E-state index >= 15 is 0 Å². The first kappa shape index (κ1) is 15.7. The van der Waals surface area contributed by atoms with E-state index in [2.05, 4.69) is 0 Å². The van der Waals surface area contributed by atoms with Gasteiger partial charge in [0.25, 0.3) is 0 Å². The van der Waals surface area contributed by atoms with Crippen molar-refractivity contribution in [1.82, 2.24) is 4.90 Å². The molecule has 106 valence electrons. The van der Waals surface area contributed by atoms with Crippen LogP contribution in [-0.2, 0) is 11.2 Å². The van der Waals surface area contributed by atoms with Crippen LogP contribution in [0.2, 0.25) is 0 Å². The summed E-state index contributed by atoms with van der Waals surface area (Å²) in [5.41, 5.74) is 7.15. The molecule has 0 heterocycles. The second-order valence-electron chi connectivity index (χ2n) is 4.98. The number of hydrogen-bond donors (Lipinski definition) is 2. The number of carbonyl (C=O) groups is 1. The highest BCUT2D eigenvalue weighted by molar-refractivity contribution is 5.81. The van der Waals surface area contributed by atoms with Crippen molar-refractivity contribution in [2.45, 2.75) is 38.8 Å². The van der Waals surface area contributed by atoms with Gasteiger partial charge in [-0.05, 0) is 32.3 Å². The third kappa shape index (κ3) is 5.01. The van der Waals surface area contributed by atoms with Crippen LogP contribution in [0.5, 0.6) is 0 Å². The topological polar surface area (TPSA) is 66.6 Å². The van der Waals surface area contributed by atoms with Crippen LogP contribution in [0.25, 0.3) is 0 Å². The molecule has 0 spiro atoms. The van der Waals surface area contributed by atoms with Crippen molar-refractivity contribution in [2.24, 2.45) is 5.73 Å². The number of nitrogens with zero attached hydrogens (tertiary/aromatic N) is 1. The fourth-order valence-corrected chi connectivity index (χ4v) is 2.03. The molecule has 0 aliphatic rings. The molecule has 0 saturated carbocycles. The number of aliphatic hydroxyl groups is 1. The van der Waals surface area contributed by atoms with Gasteiger partial charge in [-0.15, -0.1) is 0 Å². The van der Waals surface area contributed by atoms with Gasteiger partial charge in [-0.25, -0.2) is 0 Å². The molecule has 1 aromatic rings. The predicted molar refractivity (Wildman–Crippen MR) is 76.7 cm³/mol. The maximum atomic E-state index is 12.2. The number of nitrogens with two attached hydrogens (primary N) is 1. The van der Waals surface area contributed by atoms with Gasteiger partial charge in [-0.1, -0.05) is 30.3 Å². The third-order valence-electron chi connectivity index (χ3n) is 3.15. The highest BCUT2D eigenvalue weighted by Gasteiger charge is 2.22. The second kappa shape index (κ2) is 7.92. The summed E-state index contributed by atoms with van der Waals surface area (Å²) in [6, 6.07) is 9.55. The standard InChI is InChI=1S/C15H24N2O2/c1-12(2)17(10-11-18)15(19)14(16)9-8-13-6-4-3-5-7-13/h3-7,12,14,18H,8-11,16H2,1-2H3.